The Hall–Kier alpha value is -3.01. The first-order valence-corrected chi connectivity index (χ1v) is 6.92. The van der Waals surface area contributed by atoms with Gasteiger partial charge in [-0.1, -0.05) is 30.3 Å². The number of carbonyl (C=O) groups is 1. The van der Waals surface area contributed by atoms with Crippen LogP contribution in [0.1, 0.15) is 21.5 Å². The maximum Gasteiger partial charge on any atom is 0.249 e. The predicted molar refractivity (Wildman–Crippen MR) is 83.9 cm³/mol. The molecule has 1 aliphatic rings. The first-order valence-electron chi connectivity index (χ1n) is 6.92. The number of nitrogens with two attached hydrogens (primary N) is 1. The van der Waals surface area contributed by atoms with E-state index in [-0.39, 0.29) is 0 Å². The lowest BCUT2D eigenvalue weighted by Gasteiger charge is -2.12. The molecule has 1 heterocycles. The SMILES string of the molecule is NC(=O)c1ccc(-c2cncnc2)c2c1[CH]c1ccccc1-2. The number of benzene rings is 2. The van der Waals surface area contributed by atoms with E-state index in [9.17, 15) is 4.79 Å². The van der Waals surface area contributed by atoms with E-state index in [4.69, 9.17) is 5.73 Å². The summed E-state index contributed by atoms with van der Waals surface area (Å²) in [5.74, 6) is -0.420. The number of nitrogens with zero attached hydrogens (tertiary/aromatic N) is 2. The van der Waals surface area contributed by atoms with Gasteiger partial charge in [-0.05, 0) is 33.9 Å². The van der Waals surface area contributed by atoms with Crippen molar-refractivity contribution in [2.45, 2.75) is 0 Å². The topological polar surface area (TPSA) is 68.9 Å². The molecule has 105 valence electrons. The molecule has 0 saturated heterocycles. The molecule has 4 rings (SSSR count). The Morgan fingerprint density at radius 2 is 1.73 bits per heavy atom. The Kier molecular flexibility index (Phi) is 2.76. The molecule has 1 radical (unpaired) electrons. The van der Waals surface area contributed by atoms with Crippen LogP contribution in [0.15, 0.2) is 55.1 Å². The first kappa shape index (κ1) is 12.7. The number of rotatable bonds is 2. The molecule has 4 nitrogen and oxygen atoms in total. The standard InChI is InChI=1S/C18H12N3O/c19-18(22)15-6-5-14(12-8-20-10-21-9-12)17-13-4-2-1-3-11(13)7-16(15)17/h1-10H,(H2,19,22). The Balaban J connectivity index is 2.05. The molecule has 4 heteroatoms. The van der Waals surface area contributed by atoms with Gasteiger partial charge in [-0.15, -0.1) is 0 Å². The second-order valence-corrected chi connectivity index (χ2v) is 5.17. The molecule has 22 heavy (non-hydrogen) atoms. The van der Waals surface area contributed by atoms with Crippen LogP contribution in [0.5, 0.6) is 0 Å². The summed E-state index contributed by atoms with van der Waals surface area (Å²) >= 11 is 0. The lowest BCUT2D eigenvalue weighted by atomic mass is 9.92. The average molecular weight is 286 g/mol. The van der Waals surface area contributed by atoms with E-state index in [2.05, 4.69) is 16.0 Å². The fraction of sp³-hybridized carbons (Fsp3) is 0. The van der Waals surface area contributed by atoms with Gasteiger partial charge in [-0.25, -0.2) is 9.97 Å². The monoisotopic (exact) mass is 286 g/mol. The average Bonchev–Trinajstić information content (AvgIpc) is 2.94. The minimum atomic E-state index is -0.420. The smallest absolute Gasteiger partial charge is 0.249 e. The van der Waals surface area contributed by atoms with Gasteiger partial charge in [0.2, 0.25) is 5.91 Å². The van der Waals surface area contributed by atoms with Crippen molar-refractivity contribution in [2.24, 2.45) is 5.73 Å². The van der Waals surface area contributed by atoms with Gasteiger partial charge in [-0.2, -0.15) is 0 Å². The van der Waals surface area contributed by atoms with Crippen molar-refractivity contribution in [3.05, 3.63) is 78.2 Å². The predicted octanol–water partition coefficient (Wildman–Crippen LogP) is 2.82. The summed E-state index contributed by atoms with van der Waals surface area (Å²) in [4.78, 5) is 19.9. The van der Waals surface area contributed by atoms with Crippen LogP contribution in [0.25, 0.3) is 22.3 Å². The van der Waals surface area contributed by atoms with Crippen molar-refractivity contribution in [1.82, 2.24) is 9.97 Å². The van der Waals surface area contributed by atoms with Crippen molar-refractivity contribution < 1.29 is 4.79 Å². The Morgan fingerprint density at radius 1 is 0.955 bits per heavy atom. The van der Waals surface area contributed by atoms with Crippen LogP contribution in [0, 0.1) is 6.42 Å². The summed E-state index contributed by atoms with van der Waals surface area (Å²) in [7, 11) is 0. The van der Waals surface area contributed by atoms with E-state index >= 15 is 0 Å². The van der Waals surface area contributed by atoms with Crippen LogP contribution in [0.4, 0.5) is 0 Å². The van der Waals surface area contributed by atoms with E-state index in [1.165, 1.54) is 6.33 Å². The Labute approximate surface area is 127 Å². The second kappa shape index (κ2) is 4.77. The van der Waals surface area contributed by atoms with E-state index in [1.807, 2.05) is 30.7 Å². The fourth-order valence-electron chi connectivity index (χ4n) is 2.96. The molecule has 0 fully saturated rings. The third kappa shape index (κ3) is 1.81. The Bertz CT molecular complexity index is 888. The summed E-state index contributed by atoms with van der Waals surface area (Å²) in [6.45, 7) is 0. The first-order chi connectivity index (χ1) is 10.8. The number of amides is 1. The van der Waals surface area contributed by atoms with E-state index in [0.717, 1.165) is 33.4 Å². The van der Waals surface area contributed by atoms with Crippen LogP contribution in [0.2, 0.25) is 0 Å². The van der Waals surface area contributed by atoms with Gasteiger partial charge in [0, 0.05) is 29.9 Å². The molecule has 1 aliphatic carbocycles. The van der Waals surface area contributed by atoms with E-state index < -0.39 is 5.91 Å². The van der Waals surface area contributed by atoms with Gasteiger partial charge in [0.25, 0.3) is 0 Å². The number of hydrogen-bond donors (Lipinski definition) is 1. The molecule has 0 spiro atoms. The highest BCUT2D eigenvalue weighted by atomic mass is 16.1. The van der Waals surface area contributed by atoms with E-state index in [0.29, 0.717) is 5.56 Å². The van der Waals surface area contributed by atoms with Crippen LogP contribution in [-0.2, 0) is 0 Å². The van der Waals surface area contributed by atoms with Crippen molar-refractivity contribution in [1.29, 1.82) is 0 Å². The van der Waals surface area contributed by atoms with Gasteiger partial charge in [-0.3, -0.25) is 4.79 Å². The number of carbonyl (C=O) groups excluding carboxylic acids is 1. The minimum Gasteiger partial charge on any atom is -0.366 e. The molecule has 0 unspecified atom stereocenters. The van der Waals surface area contributed by atoms with Crippen LogP contribution >= 0.6 is 0 Å². The molecule has 1 aromatic heterocycles. The number of primary amides is 1. The minimum absolute atomic E-state index is 0.420. The normalized spacial score (nSPS) is 11.8. The maximum absolute atomic E-state index is 11.7. The second-order valence-electron chi connectivity index (χ2n) is 5.17. The van der Waals surface area contributed by atoms with Crippen LogP contribution < -0.4 is 5.73 Å². The molecule has 1 amide bonds. The van der Waals surface area contributed by atoms with Crippen molar-refractivity contribution in [2.75, 3.05) is 0 Å². The lowest BCUT2D eigenvalue weighted by molar-refractivity contribution is 0.1000. The Morgan fingerprint density at radius 3 is 2.50 bits per heavy atom. The summed E-state index contributed by atoms with van der Waals surface area (Å²) in [6.07, 6.45) is 7.06. The maximum atomic E-state index is 11.7. The van der Waals surface area contributed by atoms with Crippen molar-refractivity contribution >= 4 is 5.91 Å². The zero-order valence-corrected chi connectivity index (χ0v) is 11.7. The van der Waals surface area contributed by atoms with E-state index in [1.54, 1.807) is 18.5 Å². The molecule has 0 saturated carbocycles. The van der Waals surface area contributed by atoms with Gasteiger partial charge >= 0.3 is 0 Å². The van der Waals surface area contributed by atoms with Gasteiger partial charge < -0.3 is 5.73 Å². The molecular formula is C18H12N3O. The number of hydrogen-bond acceptors (Lipinski definition) is 3. The van der Waals surface area contributed by atoms with Gasteiger partial charge in [0.1, 0.15) is 6.33 Å². The van der Waals surface area contributed by atoms with Crippen LogP contribution in [0.3, 0.4) is 0 Å². The fourth-order valence-corrected chi connectivity index (χ4v) is 2.96. The summed E-state index contributed by atoms with van der Waals surface area (Å²) in [6, 6.07) is 11.7. The van der Waals surface area contributed by atoms with Crippen molar-refractivity contribution in [3.63, 3.8) is 0 Å². The summed E-state index contributed by atoms with van der Waals surface area (Å²) in [5, 5.41) is 0. The number of fused-ring (bicyclic) bond motifs is 3. The van der Waals surface area contributed by atoms with Gasteiger partial charge in [0.05, 0.1) is 0 Å². The molecule has 0 atom stereocenters. The third-order valence-electron chi connectivity index (χ3n) is 3.91. The largest absolute Gasteiger partial charge is 0.366 e. The quantitative estimate of drug-likeness (QED) is 0.616. The molecule has 2 N–H and O–H groups in total. The highest BCUT2D eigenvalue weighted by Gasteiger charge is 2.26. The highest BCUT2D eigenvalue weighted by Crippen LogP contribution is 2.44. The molecular weight excluding hydrogens is 274 g/mol. The summed E-state index contributed by atoms with van der Waals surface area (Å²) < 4.78 is 0. The highest BCUT2D eigenvalue weighted by molar-refractivity contribution is 6.03. The summed E-state index contributed by atoms with van der Waals surface area (Å²) in [5.41, 5.74) is 12.0. The molecule has 0 aliphatic heterocycles. The van der Waals surface area contributed by atoms with Crippen molar-refractivity contribution in [3.8, 4) is 22.3 Å². The lowest BCUT2D eigenvalue weighted by Crippen LogP contribution is -2.13. The third-order valence-corrected chi connectivity index (χ3v) is 3.91. The van der Waals surface area contributed by atoms with Crippen LogP contribution in [-0.4, -0.2) is 15.9 Å². The van der Waals surface area contributed by atoms with Gasteiger partial charge in [0.15, 0.2) is 0 Å². The molecule has 3 aromatic rings. The zero-order valence-electron chi connectivity index (χ0n) is 11.7. The molecule has 2 aromatic carbocycles. The zero-order chi connectivity index (χ0) is 15.1. The molecule has 0 bridgehead atoms. The number of aromatic nitrogens is 2.